The summed E-state index contributed by atoms with van der Waals surface area (Å²) in [5.41, 5.74) is -0.582. The predicted molar refractivity (Wildman–Crippen MR) is 73.6 cm³/mol. The van der Waals surface area contributed by atoms with Crippen LogP contribution in [0.4, 0.5) is 0 Å². The van der Waals surface area contributed by atoms with Gasteiger partial charge in [0.15, 0.2) is 0 Å². The van der Waals surface area contributed by atoms with Crippen LogP contribution >= 0.6 is 0 Å². The van der Waals surface area contributed by atoms with E-state index in [9.17, 15) is 4.79 Å². The lowest BCUT2D eigenvalue weighted by atomic mass is 9.87. The summed E-state index contributed by atoms with van der Waals surface area (Å²) in [7, 11) is 3.62. The van der Waals surface area contributed by atoms with Gasteiger partial charge in [-0.2, -0.15) is 0 Å². The molecular weight excluding hydrogens is 228 g/mol. The molecule has 0 heterocycles. The van der Waals surface area contributed by atoms with Gasteiger partial charge in [-0.05, 0) is 46.7 Å². The second kappa shape index (κ2) is 6.53. The number of esters is 1. The van der Waals surface area contributed by atoms with Crippen molar-refractivity contribution in [3.05, 3.63) is 0 Å². The van der Waals surface area contributed by atoms with Gasteiger partial charge in [-0.15, -0.1) is 0 Å². The molecule has 0 aromatic rings. The second-order valence-corrected chi connectivity index (χ2v) is 5.66. The Hall–Kier alpha value is -0.610. The lowest BCUT2D eigenvalue weighted by Crippen LogP contribution is -2.55. The van der Waals surface area contributed by atoms with Crippen LogP contribution in [0.2, 0.25) is 0 Å². The van der Waals surface area contributed by atoms with E-state index in [2.05, 4.69) is 24.2 Å². The topological polar surface area (TPSA) is 41.6 Å². The zero-order chi connectivity index (χ0) is 13.8. The van der Waals surface area contributed by atoms with Gasteiger partial charge in [0, 0.05) is 12.1 Å². The maximum absolute atomic E-state index is 11.9. The van der Waals surface area contributed by atoms with Crippen molar-refractivity contribution in [3.63, 3.8) is 0 Å². The number of nitrogens with one attached hydrogen (secondary N) is 1. The van der Waals surface area contributed by atoms with Crippen LogP contribution in [0.25, 0.3) is 0 Å². The van der Waals surface area contributed by atoms with E-state index in [0.29, 0.717) is 12.1 Å². The molecule has 0 aromatic carbocycles. The molecule has 0 aromatic heterocycles. The van der Waals surface area contributed by atoms with Gasteiger partial charge >= 0.3 is 5.97 Å². The van der Waals surface area contributed by atoms with Crippen LogP contribution < -0.4 is 5.32 Å². The SMILES string of the molecule is CCNC(C)(CC(C)N(C)C1CCC1)C(=O)OC. The highest BCUT2D eigenvalue weighted by Crippen LogP contribution is 2.27. The van der Waals surface area contributed by atoms with Crippen molar-refractivity contribution in [2.75, 3.05) is 20.7 Å². The van der Waals surface area contributed by atoms with E-state index < -0.39 is 5.54 Å². The molecule has 0 radical (unpaired) electrons. The van der Waals surface area contributed by atoms with Crippen LogP contribution in [-0.2, 0) is 9.53 Å². The first-order chi connectivity index (χ1) is 8.44. The number of carbonyl (C=O) groups excluding carboxylic acids is 1. The molecule has 1 aliphatic carbocycles. The first-order valence-corrected chi connectivity index (χ1v) is 7.00. The summed E-state index contributed by atoms with van der Waals surface area (Å²) in [6, 6.07) is 1.07. The van der Waals surface area contributed by atoms with E-state index in [1.165, 1.54) is 26.4 Å². The highest BCUT2D eigenvalue weighted by atomic mass is 16.5. The number of hydrogen-bond acceptors (Lipinski definition) is 4. The van der Waals surface area contributed by atoms with Crippen molar-refractivity contribution in [1.82, 2.24) is 10.2 Å². The molecule has 1 rings (SSSR count). The van der Waals surface area contributed by atoms with Crippen molar-refractivity contribution in [3.8, 4) is 0 Å². The van der Waals surface area contributed by atoms with Crippen molar-refractivity contribution in [2.45, 2.75) is 64.1 Å². The number of methoxy groups -OCH3 is 1. The van der Waals surface area contributed by atoms with Gasteiger partial charge in [-0.1, -0.05) is 13.3 Å². The maximum atomic E-state index is 11.9. The summed E-state index contributed by atoms with van der Waals surface area (Å²) in [5.74, 6) is -0.168. The molecule has 4 heteroatoms. The summed E-state index contributed by atoms with van der Waals surface area (Å²) in [6.45, 7) is 6.91. The van der Waals surface area contributed by atoms with E-state index in [0.717, 1.165) is 13.0 Å². The molecular formula is C14H28N2O2. The summed E-state index contributed by atoms with van der Waals surface area (Å²) >= 11 is 0. The average Bonchev–Trinajstić information content (AvgIpc) is 2.25. The minimum absolute atomic E-state index is 0.168. The molecule has 0 bridgehead atoms. The minimum Gasteiger partial charge on any atom is -0.468 e. The Morgan fingerprint density at radius 2 is 2.17 bits per heavy atom. The number of rotatable bonds is 7. The second-order valence-electron chi connectivity index (χ2n) is 5.66. The largest absolute Gasteiger partial charge is 0.468 e. The molecule has 106 valence electrons. The van der Waals surface area contributed by atoms with Gasteiger partial charge < -0.3 is 15.0 Å². The van der Waals surface area contributed by atoms with Crippen molar-refractivity contribution in [1.29, 1.82) is 0 Å². The lowest BCUT2D eigenvalue weighted by Gasteiger charge is -2.41. The lowest BCUT2D eigenvalue weighted by molar-refractivity contribution is -0.148. The van der Waals surface area contributed by atoms with Crippen LogP contribution in [-0.4, -0.2) is 49.2 Å². The predicted octanol–water partition coefficient (Wildman–Crippen LogP) is 1.79. The maximum Gasteiger partial charge on any atom is 0.325 e. The van der Waals surface area contributed by atoms with Gasteiger partial charge in [-0.25, -0.2) is 0 Å². The minimum atomic E-state index is -0.582. The third-order valence-corrected chi connectivity index (χ3v) is 4.25. The monoisotopic (exact) mass is 256 g/mol. The van der Waals surface area contributed by atoms with Gasteiger partial charge in [0.1, 0.15) is 5.54 Å². The van der Waals surface area contributed by atoms with E-state index in [1.807, 2.05) is 13.8 Å². The molecule has 0 aliphatic heterocycles. The van der Waals surface area contributed by atoms with Crippen molar-refractivity contribution >= 4 is 5.97 Å². The molecule has 1 fully saturated rings. The normalized spacial score (nSPS) is 21.2. The first-order valence-electron chi connectivity index (χ1n) is 7.00. The third kappa shape index (κ3) is 3.45. The quantitative estimate of drug-likeness (QED) is 0.705. The summed E-state index contributed by atoms with van der Waals surface area (Å²) in [6.07, 6.45) is 4.69. The zero-order valence-electron chi connectivity index (χ0n) is 12.5. The van der Waals surface area contributed by atoms with Gasteiger partial charge in [0.2, 0.25) is 0 Å². The van der Waals surface area contributed by atoms with Crippen LogP contribution in [0.1, 0.15) is 46.5 Å². The fourth-order valence-electron chi connectivity index (χ4n) is 2.73. The van der Waals surface area contributed by atoms with Gasteiger partial charge in [0.25, 0.3) is 0 Å². The average molecular weight is 256 g/mol. The Morgan fingerprint density at radius 3 is 2.56 bits per heavy atom. The van der Waals surface area contributed by atoms with E-state index in [4.69, 9.17) is 4.74 Å². The standard InChI is InChI=1S/C14H28N2O2/c1-6-15-14(3,13(17)18-5)10-11(2)16(4)12-8-7-9-12/h11-12,15H,6-10H2,1-5H3. The van der Waals surface area contributed by atoms with E-state index in [-0.39, 0.29) is 5.97 Å². The number of carbonyl (C=O) groups is 1. The molecule has 1 saturated carbocycles. The third-order valence-electron chi connectivity index (χ3n) is 4.25. The number of likely N-dealkylation sites (N-methyl/N-ethyl adjacent to an activating group) is 1. The van der Waals surface area contributed by atoms with Gasteiger partial charge in [0.05, 0.1) is 7.11 Å². The smallest absolute Gasteiger partial charge is 0.325 e. The highest BCUT2D eigenvalue weighted by molar-refractivity contribution is 5.80. The number of hydrogen-bond donors (Lipinski definition) is 1. The first kappa shape index (κ1) is 15.4. The van der Waals surface area contributed by atoms with Crippen molar-refractivity contribution in [2.24, 2.45) is 0 Å². The fourth-order valence-corrected chi connectivity index (χ4v) is 2.73. The molecule has 0 spiro atoms. The fraction of sp³-hybridized carbons (Fsp3) is 0.929. The zero-order valence-corrected chi connectivity index (χ0v) is 12.5. The molecule has 0 saturated heterocycles. The van der Waals surface area contributed by atoms with Crippen LogP contribution in [0.15, 0.2) is 0 Å². The summed E-state index contributed by atoms with van der Waals surface area (Å²) < 4.78 is 4.93. The molecule has 2 unspecified atom stereocenters. The Labute approximate surface area is 111 Å². The molecule has 1 aliphatic rings. The Balaban J connectivity index is 2.61. The molecule has 0 amide bonds. The summed E-state index contributed by atoms with van der Waals surface area (Å²) in [5, 5.41) is 3.27. The number of nitrogens with zero attached hydrogens (tertiary/aromatic N) is 1. The van der Waals surface area contributed by atoms with Crippen molar-refractivity contribution < 1.29 is 9.53 Å². The van der Waals surface area contributed by atoms with Crippen LogP contribution in [0.5, 0.6) is 0 Å². The van der Waals surface area contributed by atoms with Gasteiger partial charge in [-0.3, -0.25) is 4.79 Å². The molecule has 2 atom stereocenters. The van der Waals surface area contributed by atoms with Crippen LogP contribution in [0, 0.1) is 0 Å². The Bertz CT molecular complexity index is 279. The molecule has 4 nitrogen and oxygen atoms in total. The Morgan fingerprint density at radius 1 is 1.56 bits per heavy atom. The summed E-state index contributed by atoms with van der Waals surface area (Å²) in [4.78, 5) is 14.3. The Kier molecular flexibility index (Phi) is 5.60. The highest BCUT2D eigenvalue weighted by Gasteiger charge is 2.37. The molecule has 1 N–H and O–H groups in total. The van der Waals surface area contributed by atoms with E-state index in [1.54, 1.807) is 0 Å². The number of ether oxygens (including phenoxy) is 1. The molecule has 18 heavy (non-hydrogen) atoms. The van der Waals surface area contributed by atoms with Crippen LogP contribution in [0.3, 0.4) is 0 Å². The van der Waals surface area contributed by atoms with E-state index >= 15 is 0 Å².